The average Bonchev–Trinajstić information content (AvgIpc) is 2.61. The van der Waals surface area contributed by atoms with E-state index in [9.17, 15) is 0 Å². The summed E-state index contributed by atoms with van der Waals surface area (Å²) in [5.41, 5.74) is 3.81. The van der Waals surface area contributed by atoms with E-state index in [4.69, 9.17) is 15.2 Å². The average molecular weight is 305 g/mol. The predicted octanol–water partition coefficient (Wildman–Crippen LogP) is 3.42. The lowest BCUT2D eigenvalue weighted by Gasteiger charge is -2.07. The molecule has 0 amide bonds. The third-order valence-electron chi connectivity index (χ3n) is 3.16. The number of para-hydroxylation sites is 1. The van der Waals surface area contributed by atoms with Crippen LogP contribution in [0.2, 0.25) is 0 Å². The van der Waals surface area contributed by atoms with Crippen LogP contribution in [0.4, 0.5) is 5.69 Å². The first-order valence-electron chi connectivity index (χ1n) is 6.92. The number of benzene rings is 2. The minimum atomic E-state index is -0.250. The van der Waals surface area contributed by atoms with Crippen LogP contribution in [0.3, 0.4) is 0 Å². The summed E-state index contributed by atoms with van der Waals surface area (Å²) in [5, 5.41) is 20.1. The lowest BCUT2D eigenvalue weighted by atomic mass is 10.1. The summed E-state index contributed by atoms with van der Waals surface area (Å²) < 4.78 is 0. The molecule has 5 nitrogen and oxygen atoms in total. The highest BCUT2D eigenvalue weighted by atomic mass is 16.3. The van der Waals surface area contributed by atoms with Crippen LogP contribution in [-0.4, -0.2) is 16.6 Å². The standard InChI is InChI=1S/C17H13N3.CH2O2/c18-10-13-5-7-16(8-6-13)19-11-14-9-15-3-1-2-4-17(15)20-12-14;2-1-3/h1-9,12,19H,11H2;1H,(H,2,3). The third kappa shape index (κ3) is 4.55. The van der Waals surface area contributed by atoms with Gasteiger partial charge < -0.3 is 10.4 Å². The summed E-state index contributed by atoms with van der Waals surface area (Å²) in [5.74, 6) is 0. The molecular formula is C18H15N3O2. The maximum atomic E-state index is 8.76. The van der Waals surface area contributed by atoms with E-state index in [0.29, 0.717) is 12.1 Å². The first-order chi connectivity index (χ1) is 11.3. The van der Waals surface area contributed by atoms with Crippen molar-refractivity contribution in [2.24, 2.45) is 0 Å². The Balaban J connectivity index is 0.000000595. The van der Waals surface area contributed by atoms with Gasteiger partial charge in [0.1, 0.15) is 0 Å². The van der Waals surface area contributed by atoms with Crippen LogP contribution in [0.1, 0.15) is 11.1 Å². The SMILES string of the molecule is N#Cc1ccc(NCc2cnc3ccccc3c2)cc1.O=CO. The van der Waals surface area contributed by atoms with E-state index in [-0.39, 0.29) is 6.47 Å². The van der Waals surface area contributed by atoms with Crippen molar-refractivity contribution in [2.75, 3.05) is 5.32 Å². The molecule has 0 aliphatic rings. The molecule has 2 aromatic carbocycles. The number of nitrogens with zero attached hydrogens (tertiary/aromatic N) is 2. The highest BCUT2D eigenvalue weighted by Crippen LogP contribution is 2.15. The smallest absolute Gasteiger partial charge is 0.290 e. The van der Waals surface area contributed by atoms with Crippen molar-refractivity contribution < 1.29 is 9.90 Å². The van der Waals surface area contributed by atoms with E-state index in [1.165, 1.54) is 0 Å². The molecule has 1 aromatic heterocycles. The summed E-state index contributed by atoms with van der Waals surface area (Å²) in [4.78, 5) is 12.8. The highest BCUT2D eigenvalue weighted by molar-refractivity contribution is 5.78. The second kappa shape index (κ2) is 8.15. The largest absolute Gasteiger partial charge is 0.483 e. The van der Waals surface area contributed by atoms with Crippen LogP contribution < -0.4 is 5.32 Å². The van der Waals surface area contributed by atoms with Gasteiger partial charge in [0, 0.05) is 23.8 Å². The summed E-state index contributed by atoms with van der Waals surface area (Å²) >= 11 is 0. The summed E-state index contributed by atoms with van der Waals surface area (Å²) in [7, 11) is 0. The molecule has 5 heteroatoms. The van der Waals surface area contributed by atoms with E-state index in [2.05, 4.69) is 28.5 Å². The van der Waals surface area contributed by atoms with Gasteiger partial charge >= 0.3 is 0 Å². The third-order valence-corrected chi connectivity index (χ3v) is 3.16. The summed E-state index contributed by atoms with van der Waals surface area (Å²) in [6.45, 7) is 0.462. The van der Waals surface area contributed by atoms with E-state index < -0.39 is 0 Å². The number of pyridine rings is 1. The number of hydrogen-bond acceptors (Lipinski definition) is 4. The zero-order valence-corrected chi connectivity index (χ0v) is 12.3. The van der Waals surface area contributed by atoms with Crippen molar-refractivity contribution in [1.29, 1.82) is 5.26 Å². The Labute approximate surface area is 133 Å². The Kier molecular flexibility index (Phi) is 5.67. The van der Waals surface area contributed by atoms with Gasteiger partial charge in [-0.25, -0.2) is 0 Å². The molecule has 1 heterocycles. The quantitative estimate of drug-likeness (QED) is 0.724. The number of carboxylic acid groups (broad SMARTS) is 1. The maximum Gasteiger partial charge on any atom is 0.290 e. The van der Waals surface area contributed by atoms with Crippen molar-refractivity contribution in [2.45, 2.75) is 6.54 Å². The van der Waals surface area contributed by atoms with Crippen LogP contribution in [0.15, 0.2) is 60.8 Å². The van der Waals surface area contributed by atoms with Crippen molar-refractivity contribution in [3.8, 4) is 6.07 Å². The number of carbonyl (C=O) groups is 1. The van der Waals surface area contributed by atoms with Crippen LogP contribution in [-0.2, 0) is 11.3 Å². The molecular weight excluding hydrogens is 290 g/mol. The van der Waals surface area contributed by atoms with E-state index in [1.54, 1.807) is 12.1 Å². The predicted molar refractivity (Wildman–Crippen MR) is 88.9 cm³/mol. The Hall–Kier alpha value is -3.39. The van der Waals surface area contributed by atoms with Crippen LogP contribution >= 0.6 is 0 Å². The maximum absolute atomic E-state index is 8.76. The van der Waals surface area contributed by atoms with Crippen molar-refractivity contribution >= 4 is 23.1 Å². The van der Waals surface area contributed by atoms with Gasteiger partial charge in [-0.15, -0.1) is 0 Å². The monoisotopic (exact) mass is 305 g/mol. The second-order valence-electron chi connectivity index (χ2n) is 4.68. The van der Waals surface area contributed by atoms with Gasteiger partial charge in [0.15, 0.2) is 0 Å². The minimum absolute atomic E-state index is 0.250. The fraction of sp³-hybridized carbons (Fsp3) is 0.0556. The van der Waals surface area contributed by atoms with E-state index in [0.717, 1.165) is 22.2 Å². The Morgan fingerprint density at radius 3 is 2.57 bits per heavy atom. The van der Waals surface area contributed by atoms with Crippen molar-refractivity contribution in [1.82, 2.24) is 4.98 Å². The van der Waals surface area contributed by atoms with E-state index in [1.807, 2.05) is 36.5 Å². The fourth-order valence-corrected chi connectivity index (χ4v) is 2.08. The first kappa shape index (κ1) is 16.0. The van der Waals surface area contributed by atoms with Gasteiger partial charge in [0.05, 0.1) is 17.1 Å². The molecule has 23 heavy (non-hydrogen) atoms. The Bertz CT molecular complexity index is 824. The Morgan fingerprint density at radius 1 is 1.17 bits per heavy atom. The topological polar surface area (TPSA) is 86.0 Å². The molecule has 0 unspecified atom stereocenters. The number of aromatic nitrogens is 1. The zero-order valence-electron chi connectivity index (χ0n) is 12.3. The van der Waals surface area contributed by atoms with Crippen LogP contribution in [0, 0.1) is 11.3 Å². The molecule has 0 bridgehead atoms. The van der Waals surface area contributed by atoms with Crippen molar-refractivity contribution in [3.05, 3.63) is 71.9 Å². The molecule has 0 aliphatic heterocycles. The number of fused-ring (bicyclic) bond motifs is 1. The van der Waals surface area contributed by atoms with Gasteiger partial charge in [-0.05, 0) is 42.0 Å². The summed E-state index contributed by atoms with van der Waals surface area (Å²) in [6.07, 6.45) is 1.89. The Morgan fingerprint density at radius 2 is 1.87 bits per heavy atom. The van der Waals surface area contributed by atoms with Gasteiger partial charge in [-0.2, -0.15) is 5.26 Å². The van der Waals surface area contributed by atoms with Gasteiger partial charge in [0.2, 0.25) is 0 Å². The lowest BCUT2D eigenvalue weighted by molar-refractivity contribution is -0.122. The van der Waals surface area contributed by atoms with Crippen LogP contribution in [0.25, 0.3) is 10.9 Å². The minimum Gasteiger partial charge on any atom is -0.483 e. The van der Waals surface area contributed by atoms with Crippen LogP contribution in [0.5, 0.6) is 0 Å². The molecule has 114 valence electrons. The number of hydrogen-bond donors (Lipinski definition) is 2. The molecule has 0 saturated heterocycles. The number of nitrogens with one attached hydrogen (secondary N) is 1. The number of rotatable bonds is 3. The normalized spacial score (nSPS) is 9.35. The molecule has 0 saturated carbocycles. The van der Waals surface area contributed by atoms with Gasteiger partial charge in [0.25, 0.3) is 6.47 Å². The molecule has 0 atom stereocenters. The fourth-order valence-electron chi connectivity index (χ4n) is 2.08. The van der Waals surface area contributed by atoms with Gasteiger partial charge in [-0.3, -0.25) is 9.78 Å². The zero-order chi connectivity index (χ0) is 16.5. The molecule has 0 radical (unpaired) electrons. The van der Waals surface area contributed by atoms with Crippen molar-refractivity contribution in [3.63, 3.8) is 0 Å². The van der Waals surface area contributed by atoms with E-state index >= 15 is 0 Å². The highest BCUT2D eigenvalue weighted by Gasteiger charge is 1.98. The van der Waals surface area contributed by atoms with Gasteiger partial charge in [-0.1, -0.05) is 18.2 Å². The first-order valence-corrected chi connectivity index (χ1v) is 6.92. The lowest BCUT2D eigenvalue weighted by Crippen LogP contribution is -1.99. The molecule has 3 aromatic rings. The molecule has 0 spiro atoms. The second-order valence-corrected chi connectivity index (χ2v) is 4.68. The number of nitriles is 1. The molecule has 0 fully saturated rings. The summed E-state index contributed by atoms with van der Waals surface area (Å²) in [6, 6.07) is 19.8. The number of anilines is 1. The molecule has 0 aliphatic carbocycles. The molecule has 2 N–H and O–H groups in total. The molecule has 3 rings (SSSR count).